The molecule has 1 saturated heterocycles. The summed E-state index contributed by atoms with van der Waals surface area (Å²) in [6.07, 6.45) is -1.91. The average Bonchev–Trinajstić information content (AvgIpc) is 2.94. The highest BCUT2D eigenvalue weighted by Crippen LogP contribution is 2.31. The van der Waals surface area contributed by atoms with Crippen molar-refractivity contribution in [2.24, 2.45) is 0 Å². The number of likely N-dealkylation sites (N-methyl/N-ethyl adjacent to an activating group) is 1. The molecule has 1 aliphatic heterocycles. The van der Waals surface area contributed by atoms with Crippen LogP contribution in [-0.2, 0) is 18.9 Å². The van der Waals surface area contributed by atoms with Gasteiger partial charge in [0.15, 0.2) is 6.23 Å². The summed E-state index contributed by atoms with van der Waals surface area (Å²) in [5.41, 5.74) is -0.727. The second-order valence-corrected chi connectivity index (χ2v) is 6.94. The molecule has 1 aliphatic rings. The van der Waals surface area contributed by atoms with Crippen LogP contribution in [0.25, 0.3) is 0 Å². The first-order valence-electron chi connectivity index (χ1n) is 9.42. The molecule has 1 aromatic rings. The molecule has 1 aromatic heterocycles. The van der Waals surface area contributed by atoms with E-state index in [0.29, 0.717) is 25.4 Å². The fourth-order valence-corrected chi connectivity index (χ4v) is 2.86. The third kappa shape index (κ3) is 5.97. The highest BCUT2D eigenvalue weighted by atomic mass is 16.6. The van der Waals surface area contributed by atoms with E-state index in [4.69, 9.17) is 18.9 Å². The van der Waals surface area contributed by atoms with E-state index in [1.54, 1.807) is 6.92 Å². The molecular weight excluding hydrogens is 370 g/mol. The Hall–Kier alpha value is -1.56. The molecule has 0 spiro atoms. The number of aromatic nitrogens is 2. The van der Waals surface area contributed by atoms with Gasteiger partial charge in [-0.3, -0.25) is 14.3 Å². The van der Waals surface area contributed by atoms with Crippen molar-refractivity contribution in [1.29, 1.82) is 0 Å². The maximum absolute atomic E-state index is 12.3. The minimum absolute atomic E-state index is 0.171. The highest BCUT2D eigenvalue weighted by molar-refractivity contribution is 5.03. The molecule has 28 heavy (non-hydrogen) atoms. The zero-order valence-corrected chi connectivity index (χ0v) is 16.9. The lowest BCUT2D eigenvalue weighted by Gasteiger charge is -2.22. The van der Waals surface area contributed by atoms with E-state index in [2.05, 4.69) is 4.98 Å². The summed E-state index contributed by atoms with van der Waals surface area (Å²) in [6.45, 7) is 6.01. The second kappa shape index (κ2) is 10.8. The van der Waals surface area contributed by atoms with Crippen LogP contribution in [0.5, 0.6) is 0 Å². The molecule has 4 atom stereocenters. The topological polar surface area (TPSA) is 115 Å². The van der Waals surface area contributed by atoms with Gasteiger partial charge in [0.05, 0.1) is 26.4 Å². The molecule has 0 aromatic carbocycles. The number of H-pyrrole nitrogens is 1. The van der Waals surface area contributed by atoms with Crippen molar-refractivity contribution in [1.82, 2.24) is 14.5 Å². The van der Waals surface area contributed by atoms with E-state index < -0.39 is 35.8 Å². The van der Waals surface area contributed by atoms with Crippen molar-refractivity contribution in [3.05, 3.63) is 32.6 Å². The third-order valence-electron chi connectivity index (χ3n) is 4.44. The van der Waals surface area contributed by atoms with Crippen LogP contribution in [0.2, 0.25) is 0 Å². The number of rotatable bonds is 11. The third-order valence-corrected chi connectivity index (χ3v) is 4.44. The van der Waals surface area contributed by atoms with E-state index in [-0.39, 0.29) is 13.2 Å². The van der Waals surface area contributed by atoms with Gasteiger partial charge in [-0.05, 0) is 27.9 Å². The number of hydrogen-bond donors (Lipinski definition) is 2. The Balaban J connectivity index is 2.08. The highest BCUT2D eigenvalue weighted by Gasteiger charge is 2.46. The SMILES string of the molecule is CCOC[C@H]1O[C@@H](n2cc(C)c(=O)[nH]c2=O)[C@H](OCCOCCN(C)C)[C@@H]1O. The summed E-state index contributed by atoms with van der Waals surface area (Å²) >= 11 is 0. The van der Waals surface area contributed by atoms with Crippen LogP contribution in [0.15, 0.2) is 15.8 Å². The zero-order chi connectivity index (χ0) is 20.7. The summed E-state index contributed by atoms with van der Waals surface area (Å²) in [6, 6.07) is 0. The van der Waals surface area contributed by atoms with Gasteiger partial charge in [-0.1, -0.05) is 0 Å². The van der Waals surface area contributed by atoms with Gasteiger partial charge >= 0.3 is 5.69 Å². The lowest BCUT2D eigenvalue weighted by molar-refractivity contribution is -0.0868. The summed E-state index contributed by atoms with van der Waals surface area (Å²) in [4.78, 5) is 28.2. The van der Waals surface area contributed by atoms with Crippen LogP contribution >= 0.6 is 0 Å². The van der Waals surface area contributed by atoms with Gasteiger partial charge in [-0.2, -0.15) is 0 Å². The van der Waals surface area contributed by atoms with Gasteiger partial charge < -0.3 is 29.0 Å². The molecule has 2 rings (SSSR count). The summed E-state index contributed by atoms with van der Waals surface area (Å²) in [5, 5.41) is 10.6. The molecule has 2 heterocycles. The molecule has 160 valence electrons. The Labute approximate surface area is 164 Å². The number of nitrogens with zero attached hydrogens (tertiary/aromatic N) is 2. The monoisotopic (exact) mass is 401 g/mol. The first-order chi connectivity index (χ1) is 13.3. The standard InChI is InChI=1S/C18H31N3O7/c1-5-25-11-13-14(22)15(27-9-8-26-7-6-20(3)4)17(28-13)21-10-12(2)16(23)19-18(21)24/h10,13-15,17,22H,5-9,11H2,1-4H3,(H,19,23,24)/t13-,14-,15-,17-/m1/s1. The summed E-state index contributed by atoms with van der Waals surface area (Å²) in [7, 11) is 3.91. The van der Waals surface area contributed by atoms with Crippen LogP contribution < -0.4 is 11.2 Å². The maximum Gasteiger partial charge on any atom is 0.330 e. The molecule has 0 unspecified atom stereocenters. The van der Waals surface area contributed by atoms with E-state index in [9.17, 15) is 14.7 Å². The first-order valence-corrected chi connectivity index (χ1v) is 9.42. The number of aliphatic hydroxyl groups is 1. The first kappa shape index (κ1) is 22.7. The molecule has 10 nitrogen and oxygen atoms in total. The van der Waals surface area contributed by atoms with Gasteiger partial charge in [0.1, 0.15) is 18.3 Å². The smallest absolute Gasteiger partial charge is 0.330 e. The molecule has 0 bridgehead atoms. The van der Waals surface area contributed by atoms with Gasteiger partial charge in [-0.25, -0.2) is 4.79 Å². The van der Waals surface area contributed by atoms with Crippen molar-refractivity contribution < 1.29 is 24.1 Å². The quantitative estimate of drug-likeness (QED) is 0.459. The zero-order valence-electron chi connectivity index (χ0n) is 16.9. The maximum atomic E-state index is 12.3. The van der Waals surface area contributed by atoms with Gasteiger partial charge in [0.2, 0.25) is 0 Å². The Morgan fingerprint density at radius 2 is 2.00 bits per heavy atom. The predicted octanol–water partition coefficient (Wildman–Crippen LogP) is -0.897. The fraction of sp³-hybridized carbons (Fsp3) is 0.778. The van der Waals surface area contributed by atoms with Crippen LogP contribution in [0.4, 0.5) is 0 Å². The number of aryl methyl sites for hydroxylation is 1. The lowest BCUT2D eigenvalue weighted by atomic mass is 10.1. The van der Waals surface area contributed by atoms with Gasteiger partial charge in [0, 0.05) is 24.9 Å². The number of nitrogens with one attached hydrogen (secondary N) is 1. The second-order valence-electron chi connectivity index (χ2n) is 6.94. The van der Waals surface area contributed by atoms with Crippen LogP contribution in [0, 0.1) is 6.92 Å². The average molecular weight is 401 g/mol. The number of aromatic amines is 1. The summed E-state index contributed by atoms with van der Waals surface area (Å²) < 4.78 is 23.8. The Bertz CT molecular complexity index is 718. The van der Waals surface area contributed by atoms with E-state index in [1.807, 2.05) is 25.9 Å². The van der Waals surface area contributed by atoms with Crippen LogP contribution in [0.1, 0.15) is 18.7 Å². The Morgan fingerprint density at radius 3 is 2.68 bits per heavy atom. The van der Waals surface area contributed by atoms with Crippen molar-refractivity contribution >= 4 is 0 Å². The van der Waals surface area contributed by atoms with Crippen LogP contribution in [0.3, 0.4) is 0 Å². The molecule has 1 fully saturated rings. The van der Waals surface area contributed by atoms with Crippen molar-refractivity contribution in [3.8, 4) is 0 Å². The van der Waals surface area contributed by atoms with Crippen molar-refractivity contribution in [2.75, 3.05) is 53.7 Å². The fourth-order valence-electron chi connectivity index (χ4n) is 2.86. The van der Waals surface area contributed by atoms with Crippen molar-refractivity contribution in [3.63, 3.8) is 0 Å². The van der Waals surface area contributed by atoms with E-state index in [0.717, 1.165) is 6.54 Å². The largest absolute Gasteiger partial charge is 0.387 e. The molecule has 2 N–H and O–H groups in total. The molecule has 0 aliphatic carbocycles. The Kier molecular flexibility index (Phi) is 8.80. The van der Waals surface area contributed by atoms with E-state index in [1.165, 1.54) is 10.8 Å². The predicted molar refractivity (Wildman–Crippen MR) is 102 cm³/mol. The Morgan fingerprint density at radius 1 is 1.25 bits per heavy atom. The summed E-state index contributed by atoms with van der Waals surface area (Å²) in [5.74, 6) is 0. The van der Waals surface area contributed by atoms with Crippen molar-refractivity contribution in [2.45, 2.75) is 38.4 Å². The molecule has 0 radical (unpaired) electrons. The number of ether oxygens (including phenoxy) is 4. The number of aliphatic hydroxyl groups excluding tert-OH is 1. The van der Waals surface area contributed by atoms with Crippen LogP contribution in [-0.4, -0.2) is 91.5 Å². The minimum Gasteiger partial charge on any atom is -0.387 e. The lowest BCUT2D eigenvalue weighted by Crippen LogP contribution is -2.40. The van der Waals surface area contributed by atoms with E-state index >= 15 is 0 Å². The molecule has 10 heteroatoms. The number of hydrogen-bond acceptors (Lipinski definition) is 8. The van der Waals surface area contributed by atoms with Gasteiger partial charge in [0.25, 0.3) is 5.56 Å². The molecular formula is C18H31N3O7. The molecule has 0 amide bonds. The normalized spacial score (nSPS) is 24.9. The van der Waals surface area contributed by atoms with Gasteiger partial charge in [-0.15, -0.1) is 0 Å². The minimum atomic E-state index is -0.988. The molecule has 0 saturated carbocycles.